The number of aromatic nitrogens is 1. The van der Waals surface area contributed by atoms with Crippen LogP contribution in [-0.2, 0) is 0 Å². The number of hydrogen-bond acceptors (Lipinski definition) is 3. The molecule has 2 rings (SSSR count). The van der Waals surface area contributed by atoms with E-state index in [1.165, 1.54) is 16.9 Å². The monoisotopic (exact) mass is 288 g/mol. The topological polar surface area (TPSA) is 42.0 Å². The summed E-state index contributed by atoms with van der Waals surface area (Å²) in [5.74, 6) is -0.0273. The predicted molar refractivity (Wildman–Crippen MR) is 83.3 cm³/mol. The summed E-state index contributed by atoms with van der Waals surface area (Å²) in [6, 6.07) is 8.35. The second-order valence-corrected chi connectivity index (χ2v) is 6.20. The summed E-state index contributed by atoms with van der Waals surface area (Å²) >= 11 is 1.45. The van der Waals surface area contributed by atoms with Gasteiger partial charge in [0.15, 0.2) is 0 Å². The van der Waals surface area contributed by atoms with Gasteiger partial charge in [0.05, 0.1) is 16.7 Å². The molecule has 1 aromatic heterocycles. The number of nitrogens with one attached hydrogen (secondary N) is 1. The molecule has 3 nitrogen and oxygen atoms in total. The number of thiazole rings is 1. The summed E-state index contributed by atoms with van der Waals surface area (Å²) in [4.78, 5) is 17.4. The molecule has 0 fully saturated rings. The molecule has 1 N–H and O–H groups in total. The summed E-state index contributed by atoms with van der Waals surface area (Å²) in [6.45, 7) is 7.94. The standard InChI is InChI=1S/C16H20N2OS/c1-5-14(13-8-6-10(2)7-9-13)18-16(19)15-11(3)17-12(4)20-15/h6-9,14H,5H2,1-4H3,(H,18,19). The molecule has 0 aliphatic rings. The van der Waals surface area contributed by atoms with Crippen molar-refractivity contribution in [1.29, 1.82) is 0 Å². The van der Waals surface area contributed by atoms with Crippen LogP contribution in [0.1, 0.15) is 50.9 Å². The SMILES string of the molecule is CCC(NC(=O)c1sc(C)nc1C)c1ccc(C)cc1. The lowest BCUT2D eigenvalue weighted by Crippen LogP contribution is -2.28. The highest BCUT2D eigenvalue weighted by molar-refractivity contribution is 7.13. The number of nitrogens with zero attached hydrogens (tertiary/aromatic N) is 1. The number of amides is 1. The van der Waals surface area contributed by atoms with Gasteiger partial charge in [0.25, 0.3) is 5.91 Å². The van der Waals surface area contributed by atoms with Gasteiger partial charge in [-0.25, -0.2) is 4.98 Å². The summed E-state index contributed by atoms with van der Waals surface area (Å²) in [5, 5.41) is 4.03. The van der Waals surface area contributed by atoms with Gasteiger partial charge < -0.3 is 5.32 Å². The molecular formula is C16H20N2OS. The maximum absolute atomic E-state index is 12.3. The first-order valence-corrected chi connectivity index (χ1v) is 7.64. The van der Waals surface area contributed by atoms with Crippen LogP contribution >= 0.6 is 11.3 Å². The van der Waals surface area contributed by atoms with Crippen molar-refractivity contribution in [2.45, 2.75) is 40.2 Å². The maximum Gasteiger partial charge on any atom is 0.263 e. The normalized spacial score (nSPS) is 12.2. The van der Waals surface area contributed by atoms with Crippen molar-refractivity contribution in [3.05, 3.63) is 51.0 Å². The fourth-order valence-electron chi connectivity index (χ4n) is 2.19. The molecule has 0 saturated heterocycles. The molecule has 1 atom stereocenters. The number of carbonyl (C=O) groups excluding carboxylic acids is 1. The lowest BCUT2D eigenvalue weighted by molar-refractivity contribution is 0.0939. The predicted octanol–water partition coefficient (Wildman–Crippen LogP) is 3.95. The smallest absolute Gasteiger partial charge is 0.263 e. The van der Waals surface area contributed by atoms with Gasteiger partial charge >= 0.3 is 0 Å². The number of carbonyl (C=O) groups is 1. The van der Waals surface area contributed by atoms with Crippen LogP contribution in [0, 0.1) is 20.8 Å². The number of aryl methyl sites for hydroxylation is 3. The van der Waals surface area contributed by atoms with Crippen molar-refractivity contribution in [3.8, 4) is 0 Å². The van der Waals surface area contributed by atoms with E-state index in [1.54, 1.807) is 0 Å². The molecule has 0 aliphatic heterocycles. The van der Waals surface area contributed by atoms with Crippen molar-refractivity contribution >= 4 is 17.2 Å². The third-order valence-electron chi connectivity index (χ3n) is 3.30. The average Bonchev–Trinajstić information content (AvgIpc) is 2.76. The second kappa shape index (κ2) is 6.18. The Kier molecular flexibility index (Phi) is 4.55. The zero-order valence-corrected chi connectivity index (χ0v) is 13.2. The second-order valence-electron chi connectivity index (χ2n) is 4.99. The Morgan fingerprint density at radius 1 is 1.25 bits per heavy atom. The van der Waals surface area contributed by atoms with Crippen LogP contribution in [0.15, 0.2) is 24.3 Å². The zero-order chi connectivity index (χ0) is 14.7. The molecular weight excluding hydrogens is 268 g/mol. The van der Waals surface area contributed by atoms with Crippen LogP contribution in [-0.4, -0.2) is 10.9 Å². The average molecular weight is 288 g/mol. The van der Waals surface area contributed by atoms with E-state index in [1.807, 2.05) is 13.8 Å². The van der Waals surface area contributed by atoms with E-state index in [2.05, 4.69) is 48.4 Å². The first kappa shape index (κ1) is 14.7. The summed E-state index contributed by atoms with van der Waals surface area (Å²) in [5.41, 5.74) is 3.18. The van der Waals surface area contributed by atoms with Crippen LogP contribution in [0.2, 0.25) is 0 Å². The molecule has 1 aromatic carbocycles. The Labute approximate surface area is 124 Å². The van der Waals surface area contributed by atoms with E-state index >= 15 is 0 Å². The highest BCUT2D eigenvalue weighted by Crippen LogP contribution is 2.21. The Balaban J connectivity index is 2.16. The molecule has 1 amide bonds. The molecule has 0 bridgehead atoms. The summed E-state index contributed by atoms with van der Waals surface area (Å²) < 4.78 is 0. The third-order valence-corrected chi connectivity index (χ3v) is 4.37. The Hall–Kier alpha value is -1.68. The van der Waals surface area contributed by atoms with Crippen LogP contribution in [0.4, 0.5) is 0 Å². The minimum Gasteiger partial charge on any atom is -0.344 e. The molecule has 0 spiro atoms. The van der Waals surface area contributed by atoms with Gasteiger partial charge in [-0.15, -0.1) is 11.3 Å². The van der Waals surface area contributed by atoms with Crippen molar-refractivity contribution in [2.75, 3.05) is 0 Å². The fourth-order valence-corrected chi connectivity index (χ4v) is 3.01. The number of benzene rings is 1. The summed E-state index contributed by atoms with van der Waals surface area (Å²) in [7, 11) is 0. The van der Waals surface area contributed by atoms with Gasteiger partial charge in [-0.3, -0.25) is 4.79 Å². The van der Waals surface area contributed by atoms with Crippen molar-refractivity contribution in [1.82, 2.24) is 10.3 Å². The maximum atomic E-state index is 12.3. The van der Waals surface area contributed by atoms with Crippen molar-refractivity contribution < 1.29 is 4.79 Å². The molecule has 106 valence electrons. The fraction of sp³-hybridized carbons (Fsp3) is 0.375. The van der Waals surface area contributed by atoms with Gasteiger partial charge in [-0.1, -0.05) is 36.8 Å². The van der Waals surface area contributed by atoms with Gasteiger partial charge in [0.2, 0.25) is 0 Å². The quantitative estimate of drug-likeness (QED) is 0.925. The third kappa shape index (κ3) is 3.25. The first-order chi connectivity index (χ1) is 9.51. The van der Waals surface area contributed by atoms with E-state index < -0.39 is 0 Å². The van der Waals surface area contributed by atoms with Gasteiger partial charge in [0.1, 0.15) is 4.88 Å². The van der Waals surface area contributed by atoms with Crippen LogP contribution < -0.4 is 5.32 Å². The van der Waals surface area contributed by atoms with E-state index in [9.17, 15) is 4.79 Å². The largest absolute Gasteiger partial charge is 0.344 e. The molecule has 1 unspecified atom stereocenters. The van der Waals surface area contributed by atoms with Gasteiger partial charge in [0, 0.05) is 0 Å². The van der Waals surface area contributed by atoms with Gasteiger partial charge in [-0.05, 0) is 32.8 Å². The minimum atomic E-state index is -0.0273. The van der Waals surface area contributed by atoms with E-state index in [0.717, 1.165) is 22.7 Å². The van der Waals surface area contributed by atoms with Crippen LogP contribution in [0.5, 0.6) is 0 Å². The Morgan fingerprint density at radius 3 is 2.40 bits per heavy atom. The van der Waals surface area contributed by atoms with E-state index in [0.29, 0.717) is 4.88 Å². The minimum absolute atomic E-state index is 0.0273. The Bertz CT molecular complexity index is 601. The molecule has 0 radical (unpaired) electrons. The Morgan fingerprint density at radius 2 is 1.90 bits per heavy atom. The highest BCUT2D eigenvalue weighted by Gasteiger charge is 2.18. The molecule has 1 heterocycles. The molecule has 2 aromatic rings. The molecule has 4 heteroatoms. The lowest BCUT2D eigenvalue weighted by Gasteiger charge is -2.17. The molecule has 20 heavy (non-hydrogen) atoms. The lowest BCUT2D eigenvalue weighted by atomic mass is 10.0. The summed E-state index contributed by atoms with van der Waals surface area (Å²) in [6.07, 6.45) is 0.867. The van der Waals surface area contributed by atoms with Gasteiger partial charge in [-0.2, -0.15) is 0 Å². The van der Waals surface area contributed by atoms with Crippen molar-refractivity contribution in [2.24, 2.45) is 0 Å². The number of rotatable bonds is 4. The van der Waals surface area contributed by atoms with Crippen LogP contribution in [0.3, 0.4) is 0 Å². The zero-order valence-electron chi connectivity index (χ0n) is 12.4. The highest BCUT2D eigenvalue weighted by atomic mass is 32.1. The molecule has 0 saturated carbocycles. The van der Waals surface area contributed by atoms with E-state index in [-0.39, 0.29) is 11.9 Å². The molecule has 0 aliphatic carbocycles. The van der Waals surface area contributed by atoms with Crippen molar-refractivity contribution in [3.63, 3.8) is 0 Å². The van der Waals surface area contributed by atoms with Crippen LogP contribution in [0.25, 0.3) is 0 Å². The number of hydrogen-bond donors (Lipinski definition) is 1. The first-order valence-electron chi connectivity index (χ1n) is 6.82. The van der Waals surface area contributed by atoms with E-state index in [4.69, 9.17) is 0 Å².